The molecule has 0 aromatic heterocycles. The second-order valence-electron chi connectivity index (χ2n) is 6.16. The molecule has 3 heteroatoms. The first-order valence-corrected chi connectivity index (χ1v) is 7.74. The van der Waals surface area contributed by atoms with Crippen molar-refractivity contribution in [3.05, 3.63) is 0 Å². The van der Waals surface area contributed by atoms with E-state index >= 15 is 0 Å². The van der Waals surface area contributed by atoms with Crippen molar-refractivity contribution in [2.75, 3.05) is 26.7 Å². The lowest BCUT2D eigenvalue weighted by molar-refractivity contribution is -0.0201. The van der Waals surface area contributed by atoms with Crippen LogP contribution in [0.25, 0.3) is 0 Å². The van der Waals surface area contributed by atoms with Gasteiger partial charge in [-0.3, -0.25) is 4.90 Å². The number of piperidine rings is 1. The van der Waals surface area contributed by atoms with E-state index in [0.717, 1.165) is 12.6 Å². The van der Waals surface area contributed by atoms with Crippen LogP contribution in [0.2, 0.25) is 0 Å². The summed E-state index contributed by atoms with van der Waals surface area (Å²) < 4.78 is 5.64. The van der Waals surface area contributed by atoms with Crippen molar-refractivity contribution in [1.29, 1.82) is 0 Å². The summed E-state index contributed by atoms with van der Waals surface area (Å²) in [6.45, 7) is 8.16. The molecule has 2 rings (SSSR count). The van der Waals surface area contributed by atoms with E-state index in [2.05, 4.69) is 24.1 Å². The number of hydrogen-bond acceptors (Lipinski definition) is 3. The molecule has 1 aliphatic heterocycles. The standard InChI is InChI=1S/C15H30N2O/c1-4-5-14(10-16-13-6-7-13)17-9-8-12(2)15(11-17)18-3/h12-16H,4-11H2,1-3H3. The summed E-state index contributed by atoms with van der Waals surface area (Å²) in [5.41, 5.74) is 0. The summed E-state index contributed by atoms with van der Waals surface area (Å²) in [4.78, 5) is 2.66. The van der Waals surface area contributed by atoms with Crippen molar-refractivity contribution in [2.45, 2.75) is 64.1 Å². The Bertz CT molecular complexity index is 243. The quantitative estimate of drug-likeness (QED) is 0.754. The smallest absolute Gasteiger partial charge is 0.0724 e. The molecular formula is C15H30N2O. The molecule has 3 unspecified atom stereocenters. The van der Waals surface area contributed by atoms with E-state index in [-0.39, 0.29) is 0 Å². The summed E-state index contributed by atoms with van der Waals surface area (Å²) in [7, 11) is 1.86. The molecule has 2 aliphatic rings. The molecular weight excluding hydrogens is 224 g/mol. The predicted octanol–water partition coefficient (Wildman–Crippen LogP) is 2.26. The number of methoxy groups -OCH3 is 1. The van der Waals surface area contributed by atoms with Crippen molar-refractivity contribution in [3.63, 3.8) is 0 Å². The van der Waals surface area contributed by atoms with E-state index < -0.39 is 0 Å². The Morgan fingerprint density at radius 3 is 2.72 bits per heavy atom. The molecule has 0 spiro atoms. The molecule has 1 saturated heterocycles. The average molecular weight is 254 g/mol. The topological polar surface area (TPSA) is 24.5 Å². The molecule has 0 radical (unpaired) electrons. The second kappa shape index (κ2) is 6.88. The van der Waals surface area contributed by atoms with Gasteiger partial charge in [-0.25, -0.2) is 0 Å². The molecule has 3 atom stereocenters. The van der Waals surface area contributed by atoms with Gasteiger partial charge in [-0.2, -0.15) is 0 Å². The summed E-state index contributed by atoms with van der Waals surface area (Å²) in [6, 6.07) is 1.53. The fraction of sp³-hybridized carbons (Fsp3) is 1.00. The number of nitrogens with zero attached hydrogens (tertiary/aromatic N) is 1. The van der Waals surface area contributed by atoms with Gasteiger partial charge in [-0.15, -0.1) is 0 Å². The predicted molar refractivity (Wildman–Crippen MR) is 75.9 cm³/mol. The molecule has 1 heterocycles. The van der Waals surface area contributed by atoms with Crippen molar-refractivity contribution in [2.24, 2.45) is 5.92 Å². The first kappa shape index (κ1) is 14.3. The van der Waals surface area contributed by atoms with Gasteiger partial charge in [0.1, 0.15) is 0 Å². The van der Waals surface area contributed by atoms with Gasteiger partial charge < -0.3 is 10.1 Å². The number of hydrogen-bond donors (Lipinski definition) is 1. The number of likely N-dealkylation sites (tertiary alicyclic amines) is 1. The minimum atomic E-state index is 0.430. The van der Waals surface area contributed by atoms with Crippen LogP contribution in [0.15, 0.2) is 0 Å². The summed E-state index contributed by atoms with van der Waals surface area (Å²) in [6.07, 6.45) is 7.07. The SMILES string of the molecule is CCCC(CNC1CC1)N1CCC(C)C(OC)C1. The third-order valence-electron chi connectivity index (χ3n) is 4.58. The third-order valence-corrected chi connectivity index (χ3v) is 4.58. The van der Waals surface area contributed by atoms with E-state index in [1.165, 1.54) is 45.2 Å². The van der Waals surface area contributed by atoms with E-state index in [9.17, 15) is 0 Å². The van der Waals surface area contributed by atoms with Crippen LogP contribution in [0.1, 0.15) is 46.0 Å². The normalized spacial score (nSPS) is 31.5. The Kier molecular flexibility index (Phi) is 5.46. The number of rotatable bonds is 7. The Morgan fingerprint density at radius 2 is 2.11 bits per heavy atom. The van der Waals surface area contributed by atoms with Gasteiger partial charge in [0.15, 0.2) is 0 Å². The molecule has 1 saturated carbocycles. The minimum absolute atomic E-state index is 0.430. The molecule has 0 amide bonds. The highest BCUT2D eigenvalue weighted by Gasteiger charge is 2.30. The molecule has 106 valence electrons. The molecule has 0 aromatic rings. The van der Waals surface area contributed by atoms with Gasteiger partial charge in [0, 0.05) is 32.3 Å². The van der Waals surface area contributed by atoms with Crippen LogP contribution in [0.5, 0.6) is 0 Å². The van der Waals surface area contributed by atoms with E-state index in [1.54, 1.807) is 0 Å². The molecule has 18 heavy (non-hydrogen) atoms. The zero-order valence-electron chi connectivity index (χ0n) is 12.3. The largest absolute Gasteiger partial charge is 0.380 e. The van der Waals surface area contributed by atoms with Gasteiger partial charge in [-0.05, 0) is 38.1 Å². The highest BCUT2D eigenvalue weighted by atomic mass is 16.5. The van der Waals surface area contributed by atoms with Gasteiger partial charge in [-0.1, -0.05) is 20.3 Å². The minimum Gasteiger partial charge on any atom is -0.380 e. The van der Waals surface area contributed by atoms with Crippen molar-refractivity contribution in [1.82, 2.24) is 10.2 Å². The van der Waals surface area contributed by atoms with Crippen LogP contribution in [0, 0.1) is 5.92 Å². The van der Waals surface area contributed by atoms with Crippen LogP contribution in [0.3, 0.4) is 0 Å². The van der Waals surface area contributed by atoms with Crippen LogP contribution >= 0.6 is 0 Å². The fourth-order valence-corrected chi connectivity index (χ4v) is 3.03. The Hall–Kier alpha value is -0.120. The maximum atomic E-state index is 5.64. The van der Waals surface area contributed by atoms with Crippen LogP contribution in [0.4, 0.5) is 0 Å². The van der Waals surface area contributed by atoms with Gasteiger partial charge in [0.05, 0.1) is 6.10 Å². The van der Waals surface area contributed by atoms with Crippen molar-refractivity contribution in [3.8, 4) is 0 Å². The first-order chi connectivity index (χ1) is 8.74. The van der Waals surface area contributed by atoms with E-state index in [4.69, 9.17) is 4.74 Å². The zero-order valence-corrected chi connectivity index (χ0v) is 12.3. The lowest BCUT2D eigenvalue weighted by Crippen LogP contribution is -2.51. The highest BCUT2D eigenvalue weighted by molar-refractivity contribution is 4.87. The van der Waals surface area contributed by atoms with Crippen molar-refractivity contribution < 1.29 is 4.74 Å². The van der Waals surface area contributed by atoms with E-state index in [1.807, 2.05) is 7.11 Å². The monoisotopic (exact) mass is 254 g/mol. The van der Waals surface area contributed by atoms with Gasteiger partial charge >= 0.3 is 0 Å². The molecule has 0 bridgehead atoms. The summed E-state index contributed by atoms with van der Waals surface area (Å²) >= 11 is 0. The molecule has 1 aliphatic carbocycles. The fourth-order valence-electron chi connectivity index (χ4n) is 3.03. The average Bonchev–Trinajstić information content (AvgIpc) is 3.19. The Balaban J connectivity index is 1.83. The molecule has 1 N–H and O–H groups in total. The van der Waals surface area contributed by atoms with E-state index in [0.29, 0.717) is 18.1 Å². The maximum Gasteiger partial charge on any atom is 0.0724 e. The maximum absolute atomic E-state index is 5.64. The van der Waals surface area contributed by atoms with Gasteiger partial charge in [0.2, 0.25) is 0 Å². The first-order valence-electron chi connectivity index (χ1n) is 7.74. The van der Waals surface area contributed by atoms with Crippen LogP contribution < -0.4 is 5.32 Å². The van der Waals surface area contributed by atoms with Gasteiger partial charge in [0.25, 0.3) is 0 Å². The highest BCUT2D eigenvalue weighted by Crippen LogP contribution is 2.23. The third kappa shape index (κ3) is 3.94. The Labute approximate surface area is 112 Å². The molecule has 3 nitrogen and oxygen atoms in total. The second-order valence-corrected chi connectivity index (χ2v) is 6.16. The zero-order chi connectivity index (χ0) is 13.0. The molecule has 0 aromatic carbocycles. The lowest BCUT2D eigenvalue weighted by atomic mass is 9.94. The number of nitrogens with one attached hydrogen (secondary N) is 1. The number of ether oxygens (including phenoxy) is 1. The lowest BCUT2D eigenvalue weighted by Gasteiger charge is -2.41. The molecule has 2 fully saturated rings. The summed E-state index contributed by atoms with van der Waals surface area (Å²) in [5, 5.41) is 3.70. The van der Waals surface area contributed by atoms with Crippen LogP contribution in [-0.2, 0) is 4.74 Å². The summed E-state index contributed by atoms with van der Waals surface area (Å²) in [5.74, 6) is 0.713. The Morgan fingerprint density at radius 1 is 1.33 bits per heavy atom. The van der Waals surface area contributed by atoms with Crippen molar-refractivity contribution >= 4 is 0 Å². The van der Waals surface area contributed by atoms with Crippen LogP contribution in [-0.4, -0.2) is 49.8 Å².